The number of aryl methyl sites for hydroxylation is 1. The van der Waals surface area contributed by atoms with Gasteiger partial charge < -0.3 is 29.0 Å². The van der Waals surface area contributed by atoms with Gasteiger partial charge in [0.1, 0.15) is 17.3 Å². The summed E-state index contributed by atoms with van der Waals surface area (Å²) in [6, 6.07) is 14.7. The van der Waals surface area contributed by atoms with E-state index < -0.39 is 17.7 Å². The van der Waals surface area contributed by atoms with Crippen LogP contribution in [0.4, 0.5) is 0 Å². The molecule has 1 saturated heterocycles. The predicted molar refractivity (Wildman–Crippen MR) is 143 cm³/mol. The summed E-state index contributed by atoms with van der Waals surface area (Å²) in [5.41, 5.74) is 2.22. The Morgan fingerprint density at radius 3 is 2.18 bits per heavy atom. The van der Waals surface area contributed by atoms with Gasteiger partial charge in [-0.2, -0.15) is 0 Å². The van der Waals surface area contributed by atoms with Crippen molar-refractivity contribution in [2.24, 2.45) is 0 Å². The molecule has 3 aromatic rings. The maximum Gasteiger partial charge on any atom is 0.295 e. The molecule has 1 amide bonds. The van der Waals surface area contributed by atoms with Gasteiger partial charge >= 0.3 is 0 Å². The molecule has 1 fully saturated rings. The molecule has 1 heterocycles. The number of ketones is 1. The number of hydrogen-bond donors (Lipinski definition) is 1. The van der Waals surface area contributed by atoms with Crippen LogP contribution in [0, 0.1) is 6.92 Å². The number of methoxy groups -OCH3 is 4. The van der Waals surface area contributed by atoms with Crippen LogP contribution in [0.25, 0.3) is 5.76 Å². The second-order valence-corrected chi connectivity index (χ2v) is 9.12. The summed E-state index contributed by atoms with van der Waals surface area (Å²) in [7, 11) is 6.02. The number of halogens is 1. The molecule has 1 aliphatic heterocycles. The van der Waals surface area contributed by atoms with Gasteiger partial charge in [0.15, 0.2) is 11.5 Å². The summed E-state index contributed by atoms with van der Waals surface area (Å²) in [6.07, 6.45) is 0. The van der Waals surface area contributed by atoms with E-state index in [-0.39, 0.29) is 34.2 Å². The van der Waals surface area contributed by atoms with Gasteiger partial charge in [-0.05, 0) is 60.0 Å². The molecular formula is C29H28ClNO7. The Morgan fingerprint density at radius 2 is 1.58 bits per heavy atom. The van der Waals surface area contributed by atoms with Gasteiger partial charge in [0.05, 0.1) is 50.6 Å². The van der Waals surface area contributed by atoms with E-state index >= 15 is 0 Å². The second kappa shape index (κ2) is 11.1. The van der Waals surface area contributed by atoms with Crippen LogP contribution in [0.15, 0.2) is 60.2 Å². The minimum Gasteiger partial charge on any atom is -0.507 e. The molecule has 3 aromatic carbocycles. The Hall–Kier alpha value is -4.17. The summed E-state index contributed by atoms with van der Waals surface area (Å²) in [5.74, 6) is -0.105. The van der Waals surface area contributed by atoms with Gasteiger partial charge in [0, 0.05) is 6.54 Å². The predicted octanol–water partition coefficient (Wildman–Crippen LogP) is 5.30. The van der Waals surface area contributed by atoms with Gasteiger partial charge in [-0.25, -0.2) is 0 Å². The molecule has 0 saturated carbocycles. The van der Waals surface area contributed by atoms with E-state index in [4.69, 9.17) is 30.5 Å². The van der Waals surface area contributed by atoms with E-state index in [0.717, 1.165) is 5.56 Å². The van der Waals surface area contributed by atoms with Gasteiger partial charge in [-0.3, -0.25) is 9.59 Å². The molecule has 1 atom stereocenters. The van der Waals surface area contributed by atoms with E-state index in [2.05, 4.69) is 0 Å². The normalized spacial score (nSPS) is 16.5. The molecule has 9 heteroatoms. The molecule has 38 heavy (non-hydrogen) atoms. The largest absolute Gasteiger partial charge is 0.507 e. The lowest BCUT2D eigenvalue weighted by Gasteiger charge is -2.26. The van der Waals surface area contributed by atoms with Crippen LogP contribution in [-0.2, 0) is 16.1 Å². The lowest BCUT2D eigenvalue weighted by atomic mass is 9.94. The molecule has 1 aliphatic rings. The first-order chi connectivity index (χ1) is 18.2. The van der Waals surface area contributed by atoms with Crippen LogP contribution in [0.2, 0.25) is 5.02 Å². The average molecular weight is 538 g/mol. The Balaban J connectivity index is 1.90. The van der Waals surface area contributed by atoms with Crippen LogP contribution in [0.5, 0.6) is 23.0 Å². The van der Waals surface area contributed by atoms with E-state index in [9.17, 15) is 14.7 Å². The zero-order valence-electron chi connectivity index (χ0n) is 21.7. The van der Waals surface area contributed by atoms with Crippen molar-refractivity contribution in [3.05, 3.63) is 87.4 Å². The van der Waals surface area contributed by atoms with Crippen molar-refractivity contribution in [2.45, 2.75) is 19.5 Å². The van der Waals surface area contributed by atoms with Gasteiger partial charge in [-0.15, -0.1) is 0 Å². The Kier molecular flexibility index (Phi) is 7.83. The monoisotopic (exact) mass is 537 g/mol. The van der Waals surface area contributed by atoms with E-state index in [1.807, 2.05) is 0 Å². The number of aliphatic hydroxyl groups is 1. The number of nitrogens with zero attached hydrogens (tertiary/aromatic N) is 1. The molecule has 1 unspecified atom stereocenters. The number of carbonyl (C=O) groups is 2. The fourth-order valence-electron chi connectivity index (χ4n) is 4.61. The number of amides is 1. The van der Waals surface area contributed by atoms with Gasteiger partial charge in [-0.1, -0.05) is 29.8 Å². The quantitative estimate of drug-likeness (QED) is 0.236. The number of likely N-dealkylation sites (tertiary alicyclic amines) is 1. The third-order valence-corrected chi connectivity index (χ3v) is 6.70. The first-order valence-corrected chi connectivity index (χ1v) is 12.1. The van der Waals surface area contributed by atoms with Gasteiger partial charge in [0.2, 0.25) is 0 Å². The van der Waals surface area contributed by atoms with Crippen molar-refractivity contribution < 1.29 is 33.6 Å². The molecule has 0 bridgehead atoms. The fourth-order valence-corrected chi connectivity index (χ4v) is 4.96. The molecular weight excluding hydrogens is 510 g/mol. The molecule has 0 aliphatic carbocycles. The van der Waals surface area contributed by atoms with Crippen molar-refractivity contribution >= 4 is 29.1 Å². The van der Waals surface area contributed by atoms with Crippen molar-refractivity contribution in [2.75, 3.05) is 28.4 Å². The van der Waals surface area contributed by atoms with Crippen molar-refractivity contribution in [1.82, 2.24) is 4.90 Å². The smallest absolute Gasteiger partial charge is 0.295 e. The minimum atomic E-state index is -0.891. The highest BCUT2D eigenvalue weighted by Gasteiger charge is 2.46. The Morgan fingerprint density at radius 1 is 0.895 bits per heavy atom. The fraction of sp³-hybridized carbons (Fsp3) is 0.241. The number of rotatable bonds is 8. The number of ether oxygens (including phenoxy) is 4. The van der Waals surface area contributed by atoms with Crippen LogP contribution < -0.4 is 18.9 Å². The van der Waals surface area contributed by atoms with Crippen molar-refractivity contribution in [3.8, 4) is 23.0 Å². The summed E-state index contributed by atoms with van der Waals surface area (Å²) in [4.78, 5) is 28.3. The van der Waals surface area contributed by atoms with Crippen molar-refractivity contribution in [1.29, 1.82) is 0 Å². The van der Waals surface area contributed by atoms with Crippen LogP contribution >= 0.6 is 11.6 Å². The maximum absolute atomic E-state index is 13.5. The van der Waals surface area contributed by atoms with Crippen LogP contribution in [0.3, 0.4) is 0 Å². The van der Waals surface area contributed by atoms with Gasteiger partial charge in [0.25, 0.3) is 11.7 Å². The maximum atomic E-state index is 13.5. The number of carbonyl (C=O) groups excluding carboxylic acids is 2. The number of hydrogen-bond acceptors (Lipinski definition) is 7. The first kappa shape index (κ1) is 26.9. The molecule has 1 N–H and O–H groups in total. The Labute approximate surface area is 225 Å². The zero-order valence-corrected chi connectivity index (χ0v) is 22.5. The molecule has 0 aromatic heterocycles. The average Bonchev–Trinajstić information content (AvgIpc) is 3.17. The zero-order chi connectivity index (χ0) is 27.6. The summed E-state index contributed by atoms with van der Waals surface area (Å²) in [6.45, 7) is 1.88. The SMILES string of the molecule is COc1ccc(C2/C(=C(\O)c3cc(C)cc(Cl)c3OC)C(=O)C(=O)N2Cc2ccc(OC)c(OC)c2)cc1. The standard InChI is InChI=1S/C29H28ClNO7/c1-16-12-20(28(38-5)21(30)13-16)26(32)24-25(18-7-9-19(35-2)10-8-18)31(29(34)27(24)33)15-17-6-11-22(36-3)23(14-17)37-4/h6-14,25,32H,15H2,1-5H3/b26-24+. The summed E-state index contributed by atoms with van der Waals surface area (Å²) < 4.78 is 21.4. The molecule has 198 valence electrons. The first-order valence-electron chi connectivity index (χ1n) is 11.7. The summed E-state index contributed by atoms with van der Waals surface area (Å²) >= 11 is 6.37. The van der Waals surface area contributed by atoms with E-state index in [1.165, 1.54) is 26.2 Å². The number of benzene rings is 3. The second-order valence-electron chi connectivity index (χ2n) is 8.72. The lowest BCUT2D eigenvalue weighted by Crippen LogP contribution is -2.29. The van der Waals surface area contributed by atoms with Crippen LogP contribution in [-0.4, -0.2) is 50.1 Å². The highest BCUT2D eigenvalue weighted by molar-refractivity contribution is 6.46. The third kappa shape index (κ3) is 4.87. The van der Waals surface area contributed by atoms with Crippen LogP contribution in [0.1, 0.15) is 28.3 Å². The lowest BCUT2D eigenvalue weighted by molar-refractivity contribution is -0.140. The summed E-state index contributed by atoms with van der Waals surface area (Å²) in [5, 5.41) is 11.8. The van der Waals surface area contributed by atoms with E-state index in [1.54, 1.807) is 68.6 Å². The minimum absolute atomic E-state index is 0.0689. The Bertz CT molecular complexity index is 1420. The highest BCUT2D eigenvalue weighted by Crippen LogP contribution is 2.44. The topological polar surface area (TPSA) is 94.5 Å². The number of Topliss-reactive ketones (excluding diaryl/α,β-unsaturated/α-hetero) is 1. The molecule has 0 radical (unpaired) electrons. The highest BCUT2D eigenvalue weighted by atomic mass is 35.5. The molecule has 0 spiro atoms. The molecule has 4 rings (SSSR count). The third-order valence-electron chi connectivity index (χ3n) is 6.42. The molecule has 8 nitrogen and oxygen atoms in total. The number of aliphatic hydroxyl groups excluding tert-OH is 1. The van der Waals surface area contributed by atoms with Crippen molar-refractivity contribution in [3.63, 3.8) is 0 Å². The van der Waals surface area contributed by atoms with E-state index in [0.29, 0.717) is 28.4 Å².